The highest BCUT2D eigenvalue weighted by Gasteiger charge is 2.22. The van der Waals surface area contributed by atoms with Crippen molar-refractivity contribution in [3.63, 3.8) is 0 Å². The molecule has 4 nitrogen and oxygen atoms in total. The van der Waals surface area contributed by atoms with E-state index in [0.29, 0.717) is 6.54 Å². The lowest BCUT2D eigenvalue weighted by molar-refractivity contribution is 0.318. The monoisotopic (exact) mass is 299 g/mol. The van der Waals surface area contributed by atoms with Crippen LogP contribution in [-0.4, -0.2) is 23.6 Å². The molecule has 0 aliphatic carbocycles. The average molecular weight is 299 g/mol. The highest BCUT2D eigenvalue weighted by molar-refractivity contribution is 5.97. The molecular weight excluding hydrogens is 276 g/mol. The molecule has 0 fully saturated rings. The van der Waals surface area contributed by atoms with Crippen LogP contribution in [0.25, 0.3) is 0 Å². The Kier molecular flexibility index (Phi) is 6.39. The van der Waals surface area contributed by atoms with Gasteiger partial charge < -0.3 is 15.8 Å². The van der Waals surface area contributed by atoms with Crippen molar-refractivity contribution in [2.45, 2.75) is 46.1 Å². The highest BCUT2D eigenvalue weighted by atomic mass is 19.1. The zero-order valence-corrected chi connectivity index (χ0v) is 12.7. The van der Waals surface area contributed by atoms with Crippen LogP contribution in [0.15, 0.2) is 17.3 Å². The molecule has 1 atom stereocenters. The van der Waals surface area contributed by atoms with Crippen molar-refractivity contribution >= 4 is 11.5 Å². The third-order valence-corrected chi connectivity index (χ3v) is 3.58. The van der Waals surface area contributed by atoms with Crippen molar-refractivity contribution in [1.29, 1.82) is 0 Å². The van der Waals surface area contributed by atoms with Gasteiger partial charge in [-0.1, -0.05) is 25.4 Å². The van der Waals surface area contributed by atoms with Gasteiger partial charge in [-0.2, -0.15) is 0 Å². The molecule has 0 saturated carbocycles. The maximum atomic E-state index is 14.3. The van der Waals surface area contributed by atoms with E-state index in [1.165, 1.54) is 0 Å². The molecule has 1 unspecified atom stereocenters. The van der Waals surface area contributed by atoms with Crippen LogP contribution in [0.2, 0.25) is 0 Å². The molecule has 0 bridgehead atoms. The lowest BCUT2D eigenvalue weighted by atomic mass is 10.1. The number of halogens is 2. The van der Waals surface area contributed by atoms with Crippen LogP contribution in [0.3, 0.4) is 0 Å². The van der Waals surface area contributed by atoms with Gasteiger partial charge in [-0.05, 0) is 31.9 Å². The molecule has 0 radical (unpaired) electrons. The number of nitrogens with two attached hydrogens (primary N) is 1. The molecular formula is C15H23F2N3O. The number of nitrogens with zero attached hydrogens (tertiary/aromatic N) is 2. The number of amidine groups is 1. The fraction of sp³-hybridized carbons (Fsp3) is 0.533. The number of oxime groups is 1. The Bertz CT molecular complexity index is 483. The molecule has 0 aromatic heterocycles. The molecule has 21 heavy (non-hydrogen) atoms. The first kappa shape index (κ1) is 17.2. The first-order valence-corrected chi connectivity index (χ1v) is 7.19. The van der Waals surface area contributed by atoms with E-state index in [2.05, 4.69) is 5.16 Å². The molecule has 0 spiro atoms. The smallest absolute Gasteiger partial charge is 0.170 e. The van der Waals surface area contributed by atoms with Gasteiger partial charge in [-0.3, -0.25) is 0 Å². The van der Waals surface area contributed by atoms with Gasteiger partial charge in [0.25, 0.3) is 0 Å². The van der Waals surface area contributed by atoms with Crippen LogP contribution in [0.4, 0.5) is 14.5 Å². The van der Waals surface area contributed by atoms with Gasteiger partial charge in [0, 0.05) is 18.2 Å². The van der Waals surface area contributed by atoms with E-state index in [1.54, 1.807) is 4.90 Å². The second-order valence-corrected chi connectivity index (χ2v) is 5.08. The van der Waals surface area contributed by atoms with Crippen molar-refractivity contribution in [2.24, 2.45) is 10.9 Å². The number of anilines is 1. The molecule has 0 saturated heterocycles. The predicted octanol–water partition coefficient (Wildman–Crippen LogP) is 3.46. The van der Waals surface area contributed by atoms with Gasteiger partial charge in [0.1, 0.15) is 17.3 Å². The number of hydrogen-bond donors (Lipinski definition) is 2. The highest BCUT2D eigenvalue weighted by Crippen LogP contribution is 2.28. The van der Waals surface area contributed by atoms with E-state index < -0.39 is 11.6 Å². The Morgan fingerprint density at radius 2 is 1.90 bits per heavy atom. The van der Waals surface area contributed by atoms with E-state index >= 15 is 0 Å². The minimum absolute atomic E-state index is 0.0234. The van der Waals surface area contributed by atoms with Gasteiger partial charge in [-0.15, -0.1) is 0 Å². The lowest BCUT2D eigenvalue weighted by Crippen LogP contribution is -2.35. The quantitative estimate of drug-likeness (QED) is 0.351. The van der Waals surface area contributed by atoms with Gasteiger partial charge in [0.15, 0.2) is 5.84 Å². The zero-order valence-electron chi connectivity index (χ0n) is 12.7. The summed E-state index contributed by atoms with van der Waals surface area (Å²) in [6.07, 6.45) is 2.58. The van der Waals surface area contributed by atoms with Crippen LogP contribution < -0.4 is 10.6 Å². The minimum Gasteiger partial charge on any atom is -0.409 e. The molecule has 1 aromatic rings. The summed E-state index contributed by atoms with van der Waals surface area (Å²) in [5.74, 6) is -1.72. The van der Waals surface area contributed by atoms with E-state index in [-0.39, 0.29) is 23.1 Å². The minimum atomic E-state index is -0.701. The lowest BCUT2D eigenvalue weighted by Gasteiger charge is -2.31. The molecule has 0 amide bonds. The summed E-state index contributed by atoms with van der Waals surface area (Å²) in [5, 5.41) is 11.4. The molecule has 118 valence electrons. The Labute approximate surface area is 124 Å². The van der Waals surface area contributed by atoms with Crippen LogP contribution in [0.5, 0.6) is 0 Å². The van der Waals surface area contributed by atoms with Crippen molar-refractivity contribution in [3.8, 4) is 0 Å². The molecule has 0 aliphatic rings. The number of rotatable bonds is 7. The summed E-state index contributed by atoms with van der Waals surface area (Å²) in [7, 11) is 0. The molecule has 0 heterocycles. The average Bonchev–Trinajstić information content (AvgIpc) is 2.47. The fourth-order valence-corrected chi connectivity index (χ4v) is 2.15. The Morgan fingerprint density at radius 3 is 2.33 bits per heavy atom. The molecule has 6 heteroatoms. The molecule has 1 rings (SSSR count). The zero-order chi connectivity index (χ0) is 16.0. The number of unbranched alkanes of at least 4 members (excludes halogenated alkanes) is 1. The third-order valence-electron chi connectivity index (χ3n) is 3.58. The SMILES string of the molecule is CCCCN(c1c(F)cc(C(N)=NO)cc1F)C(C)CC. The fourth-order valence-electron chi connectivity index (χ4n) is 2.15. The van der Waals surface area contributed by atoms with Crippen molar-refractivity contribution in [3.05, 3.63) is 29.3 Å². The summed E-state index contributed by atoms with van der Waals surface area (Å²) in [6.45, 7) is 6.53. The summed E-state index contributed by atoms with van der Waals surface area (Å²) in [6, 6.07) is 2.21. The topological polar surface area (TPSA) is 61.8 Å². The first-order chi connectivity index (χ1) is 9.96. The van der Waals surface area contributed by atoms with Crippen molar-refractivity contribution in [1.82, 2.24) is 0 Å². The predicted molar refractivity (Wildman–Crippen MR) is 80.9 cm³/mol. The van der Waals surface area contributed by atoms with Gasteiger partial charge >= 0.3 is 0 Å². The van der Waals surface area contributed by atoms with Crippen LogP contribution >= 0.6 is 0 Å². The Morgan fingerprint density at radius 1 is 1.33 bits per heavy atom. The largest absolute Gasteiger partial charge is 0.409 e. The van der Waals surface area contributed by atoms with E-state index in [9.17, 15) is 8.78 Å². The molecule has 1 aromatic carbocycles. The van der Waals surface area contributed by atoms with Crippen molar-refractivity contribution < 1.29 is 14.0 Å². The van der Waals surface area contributed by atoms with Gasteiger partial charge in [0.05, 0.1) is 0 Å². The van der Waals surface area contributed by atoms with Crippen LogP contribution in [0.1, 0.15) is 45.6 Å². The molecule has 3 N–H and O–H groups in total. The van der Waals surface area contributed by atoms with Gasteiger partial charge in [0.2, 0.25) is 0 Å². The van der Waals surface area contributed by atoms with E-state index in [0.717, 1.165) is 31.4 Å². The summed E-state index contributed by atoms with van der Waals surface area (Å²) in [5.41, 5.74) is 5.35. The normalized spacial score (nSPS) is 13.3. The first-order valence-electron chi connectivity index (χ1n) is 7.19. The van der Waals surface area contributed by atoms with Gasteiger partial charge in [-0.25, -0.2) is 8.78 Å². The van der Waals surface area contributed by atoms with Crippen LogP contribution in [0, 0.1) is 11.6 Å². The Balaban J connectivity index is 3.25. The van der Waals surface area contributed by atoms with Crippen LogP contribution in [-0.2, 0) is 0 Å². The second-order valence-electron chi connectivity index (χ2n) is 5.08. The summed E-state index contributed by atoms with van der Waals surface area (Å²) in [4.78, 5) is 1.74. The maximum Gasteiger partial charge on any atom is 0.170 e. The number of hydrogen-bond acceptors (Lipinski definition) is 3. The van der Waals surface area contributed by atoms with E-state index in [1.807, 2.05) is 20.8 Å². The maximum absolute atomic E-state index is 14.3. The van der Waals surface area contributed by atoms with Crippen molar-refractivity contribution in [2.75, 3.05) is 11.4 Å². The van der Waals surface area contributed by atoms with E-state index in [4.69, 9.17) is 10.9 Å². The second kappa shape index (κ2) is 7.81. The third kappa shape index (κ3) is 4.06. The standard InChI is InChI=1S/C15H23F2N3O/c1-4-6-7-20(10(3)5-2)14-12(16)8-11(9-13(14)17)15(18)19-21/h8-10,21H,4-7H2,1-3H3,(H2,18,19). The molecule has 0 aliphatic heterocycles. The number of benzene rings is 1. The summed E-state index contributed by atoms with van der Waals surface area (Å²) >= 11 is 0. The summed E-state index contributed by atoms with van der Waals surface area (Å²) < 4.78 is 28.6. The Hall–Kier alpha value is -1.85.